The highest BCUT2D eigenvalue weighted by Crippen LogP contribution is 2.24. The molecule has 5 nitrogen and oxygen atoms in total. The van der Waals surface area contributed by atoms with E-state index >= 15 is 0 Å². The molecule has 3 heterocycles. The Morgan fingerprint density at radius 2 is 2.29 bits per heavy atom. The molecule has 114 valence electrons. The molecular formula is C15H22N4OS. The Morgan fingerprint density at radius 1 is 1.43 bits per heavy atom. The summed E-state index contributed by atoms with van der Waals surface area (Å²) in [6, 6.07) is 4.45. The summed E-state index contributed by atoms with van der Waals surface area (Å²) in [7, 11) is 0. The first-order chi connectivity index (χ1) is 10.4. The summed E-state index contributed by atoms with van der Waals surface area (Å²) in [6.45, 7) is 6.40. The van der Waals surface area contributed by atoms with Gasteiger partial charge in [0.15, 0.2) is 5.82 Å². The maximum absolute atomic E-state index is 5.46. The fourth-order valence-corrected chi connectivity index (χ4v) is 3.48. The molecule has 1 atom stereocenters. The molecule has 1 fully saturated rings. The third-order valence-electron chi connectivity index (χ3n) is 3.84. The highest BCUT2D eigenvalue weighted by Gasteiger charge is 2.25. The molecule has 0 saturated carbocycles. The average molecular weight is 306 g/mol. The Kier molecular flexibility index (Phi) is 5.00. The molecule has 3 rings (SSSR count). The van der Waals surface area contributed by atoms with E-state index in [0.717, 1.165) is 57.2 Å². The summed E-state index contributed by atoms with van der Waals surface area (Å²) in [5.41, 5.74) is 0. The Morgan fingerprint density at radius 3 is 3.00 bits per heavy atom. The number of thiophene rings is 1. The van der Waals surface area contributed by atoms with Crippen LogP contribution in [0.3, 0.4) is 0 Å². The van der Waals surface area contributed by atoms with Gasteiger partial charge in [-0.3, -0.25) is 4.90 Å². The van der Waals surface area contributed by atoms with E-state index in [1.54, 1.807) is 11.3 Å². The van der Waals surface area contributed by atoms with Gasteiger partial charge >= 0.3 is 0 Å². The Labute approximate surface area is 129 Å². The van der Waals surface area contributed by atoms with Crippen LogP contribution in [0.5, 0.6) is 0 Å². The number of hydrogen-bond acceptors (Lipinski definition) is 6. The minimum atomic E-state index is 0.290. The number of rotatable bonds is 6. The fourth-order valence-electron chi connectivity index (χ4n) is 2.78. The molecule has 0 aromatic carbocycles. The molecule has 6 heteroatoms. The van der Waals surface area contributed by atoms with Gasteiger partial charge in [0.1, 0.15) is 0 Å². The number of nitrogens with one attached hydrogen (secondary N) is 1. The normalized spacial score (nSPS) is 18.0. The van der Waals surface area contributed by atoms with Crippen molar-refractivity contribution in [2.24, 2.45) is 0 Å². The van der Waals surface area contributed by atoms with Crippen molar-refractivity contribution in [2.45, 2.75) is 32.2 Å². The summed E-state index contributed by atoms with van der Waals surface area (Å²) in [4.78, 5) is 8.38. The van der Waals surface area contributed by atoms with E-state index in [-0.39, 0.29) is 6.04 Å². The second-order valence-electron chi connectivity index (χ2n) is 5.39. The quantitative estimate of drug-likeness (QED) is 0.888. The monoisotopic (exact) mass is 306 g/mol. The Bertz CT molecular complexity index is 534. The van der Waals surface area contributed by atoms with Gasteiger partial charge in [-0.15, -0.1) is 11.3 Å². The van der Waals surface area contributed by atoms with Gasteiger partial charge in [0.05, 0.1) is 12.5 Å². The SMILES string of the molecule is CCCC(c1noc(Cc2cccs2)n1)N1CCNCC1. The van der Waals surface area contributed by atoms with Gasteiger partial charge in [-0.1, -0.05) is 24.6 Å². The van der Waals surface area contributed by atoms with Crippen LogP contribution in [0.25, 0.3) is 0 Å². The van der Waals surface area contributed by atoms with Crippen LogP contribution in [-0.4, -0.2) is 41.2 Å². The zero-order chi connectivity index (χ0) is 14.5. The predicted molar refractivity (Wildman–Crippen MR) is 83.5 cm³/mol. The molecule has 0 aliphatic carbocycles. The molecule has 0 radical (unpaired) electrons. The molecule has 1 aliphatic rings. The van der Waals surface area contributed by atoms with Crippen molar-refractivity contribution in [3.63, 3.8) is 0 Å². The molecule has 1 saturated heterocycles. The third-order valence-corrected chi connectivity index (χ3v) is 4.72. The van der Waals surface area contributed by atoms with E-state index in [0.29, 0.717) is 0 Å². The fraction of sp³-hybridized carbons (Fsp3) is 0.600. The smallest absolute Gasteiger partial charge is 0.231 e. The van der Waals surface area contributed by atoms with E-state index in [2.05, 4.69) is 44.8 Å². The summed E-state index contributed by atoms with van der Waals surface area (Å²) in [5, 5.41) is 9.72. The van der Waals surface area contributed by atoms with Gasteiger partial charge < -0.3 is 9.84 Å². The van der Waals surface area contributed by atoms with Gasteiger partial charge in [0, 0.05) is 31.1 Å². The van der Waals surface area contributed by atoms with Crippen LogP contribution in [0.15, 0.2) is 22.0 Å². The lowest BCUT2D eigenvalue weighted by Gasteiger charge is -2.33. The predicted octanol–water partition coefficient (Wildman–Crippen LogP) is 2.47. The molecule has 21 heavy (non-hydrogen) atoms. The van der Waals surface area contributed by atoms with E-state index in [9.17, 15) is 0 Å². The van der Waals surface area contributed by atoms with Crippen molar-refractivity contribution in [1.82, 2.24) is 20.4 Å². The first kappa shape index (κ1) is 14.7. The second kappa shape index (κ2) is 7.15. The van der Waals surface area contributed by atoms with Crippen LogP contribution in [0, 0.1) is 0 Å². The maximum Gasteiger partial charge on any atom is 0.231 e. The van der Waals surface area contributed by atoms with Crippen molar-refractivity contribution >= 4 is 11.3 Å². The Hall–Kier alpha value is -1.24. The van der Waals surface area contributed by atoms with Gasteiger partial charge in [-0.2, -0.15) is 4.98 Å². The second-order valence-corrected chi connectivity index (χ2v) is 6.43. The number of aromatic nitrogens is 2. The lowest BCUT2D eigenvalue weighted by Crippen LogP contribution is -2.45. The molecule has 1 unspecified atom stereocenters. The standard InChI is InChI=1S/C15H22N4OS/c1-2-4-13(19-8-6-16-7-9-19)15-17-14(20-18-15)11-12-5-3-10-21-12/h3,5,10,13,16H,2,4,6-9,11H2,1H3. The molecule has 2 aromatic rings. The van der Waals surface area contributed by atoms with Crippen LogP contribution in [-0.2, 0) is 6.42 Å². The van der Waals surface area contributed by atoms with E-state index in [4.69, 9.17) is 4.52 Å². The van der Waals surface area contributed by atoms with E-state index < -0.39 is 0 Å². The zero-order valence-corrected chi connectivity index (χ0v) is 13.2. The summed E-state index contributed by atoms with van der Waals surface area (Å²) < 4.78 is 5.46. The first-order valence-electron chi connectivity index (χ1n) is 7.66. The van der Waals surface area contributed by atoms with Crippen LogP contribution in [0.4, 0.5) is 0 Å². The highest BCUT2D eigenvalue weighted by molar-refractivity contribution is 7.09. The summed E-state index contributed by atoms with van der Waals surface area (Å²) in [5.74, 6) is 1.58. The lowest BCUT2D eigenvalue weighted by molar-refractivity contribution is 0.155. The zero-order valence-electron chi connectivity index (χ0n) is 12.4. The molecule has 0 spiro atoms. The van der Waals surface area contributed by atoms with Gasteiger partial charge in [0.2, 0.25) is 5.89 Å². The molecule has 1 aliphatic heterocycles. The number of piperazine rings is 1. The summed E-state index contributed by atoms with van der Waals surface area (Å²) >= 11 is 1.73. The molecule has 1 N–H and O–H groups in total. The summed E-state index contributed by atoms with van der Waals surface area (Å²) in [6.07, 6.45) is 2.95. The van der Waals surface area contributed by atoms with Crippen molar-refractivity contribution in [3.05, 3.63) is 34.1 Å². The van der Waals surface area contributed by atoms with E-state index in [1.165, 1.54) is 4.88 Å². The van der Waals surface area contributed by atoms with Gasteiger partial charge in [-0.25, -0.2) is 0 Å². The van der Waals surface area contributed by atoms with Crippen molar-refractivity contribution in [2.75, 3.05) is 26.2 Å². The largest absolute Gasteiger partial charge is 0.339 e. The Balaban J connectivity index is 1.71. The third kappa shape index (κ3) is 3.70. The maximum atomic E-state index is 5.46. The van der Waals surface area contributed by atoms with E-state index in [1.807, 2.05) is 0 Å². The van der Waals surface area contributed by atoms with Crippen LogP contribution in [0.2, 0.25) is 0 Å². The van der Waals surface area contributed by atoms with Crippen molar-refractivity contribution in [1.29, 1.82) is 0 Å². The lowest BCUT2D eigenvalue weighted by atomic mass is 10.1. The van der Waals surface area contributed by atoms with Crippen LogP contribution >= 0.6 is 11.3 Å². The highest BCUT2D eigenvalue weighted by atomic mass is 32.1. The molecule has 2 aromatic heterocycles. The van der Waals surface area contributed by atoms with Crippen LogP contribution in [0.1, 0.15) is 42.4 Å². The number of nitrogens with zero attached hydrogens (tertiary/aromatic N) is 3. The van der Waals surface area contributed by atoms with Crippen molar-refractivity contribution < 1.29 is 4.52 Å². The van der Waals surface area contributed by atoms with Crippen LogP contribution < -0.4 is 5.32 Å². The molecule has 0 bridgehead atoms. The molecule has 0 amide bonds. The average Bonchev–Trinajstić information content (AvgIpc) is 3.18. The topological polar surface area (TPSA) is 54.2 Å². The van der Waals surface area contributed by atoms with Crippen molar-refractivity contribution in [3.8, 4) is 0 Å². The molecular weight excluding hydrogens is 284 g/mol. The van der Waals surface area contributed by atoms with Gasteiger partial charge in [0.25, 0.3) is 0 Å². The minimum Gasteiger partial charge on any atom is -0.339 e. The first-order valence-corrected chi connectivity index (χ1v) is 8.54. The minimum absolute atomic E-state index is 0.290. The van der Waals surface area contributed by atoms with Gasteiger partial charge in [-0.05, 0) is 17.9 Å². The number of hydrogen-bond donors (Lipinski definition) is 1.